The molecule has 0 radical (unpaired) electrons. The summed E-state index contributed by atoms with van der Waals surface area (Å²) >= 11 is 4.82. The van der Waals surface area contributed by atoms with Gasteiger partial charge in [0.1, 0.15) is 17.3 Å². The molecule has 8 heteroatoms. The van der Waals surface area contributed by atoms with E-state index >= 15 is 0 Å². The van der Waals surface area contributed by atoms with Crippen LogP contribution in [0.2, 0.25) is 0 Å². The van der Waals surface area contributed by atoms with Gasteiger partial charge >= 0.3 is 0 Å². The fourth-order valence-electron chi connectivity index (χ4n) is 3.28. The standard InChI is InChI=1S/C27H17BrFN3O2S/c28-20-11-14-24-25(16-20)35-27(31-24)32(30-17-18-9-12-21(29)13-10-18)26(33)19-5-4-8-23(15-19)34-22-6-2-1-3-7-22/h1-17H/b30-17+. The van der Waals surface area contributed by atoms with Crippen LogP contribution in [-0.2, 0) is 0 Å². The molecule has 1 amide bonds. The molecule has 4 aromatic carbocycles. The van der Waals surface area contributed by atoms with E-state index in [0.29, 0.717) is 27.8 Å². The summed E-state index contributed by atoms with van der Waals surface area (Å²) < 4.78 is 21.0. The minimum absolute atomic E-state index is 0.345. The lowest BCUT2D eigenvalue weighted by molar-refractivity contribution is 0.0987. The number of amides is 1. The molecule has 0 aliphatic carbocycles. The smallest absolute Gasteiger partial charge is 0.280 e. The quantitative estimate of drug-likeness (QED) is 0.162. The number of thiazole rings is 1. The second-order valence-electron chi connectivity index (χ2n) is 7.46. The van der Waals surface area contributed by atoms with Gasteiger partial charge in [-0.25, -0.2) is 9.37 Å². The maximum atomic E-state index is 13.6. The zero-order valence-corrected chi connectivity index (χ0v) is 20.5. The van der Waals surface area contributed by atoms with Crippen LogP contribution in [0.5, 0.6) is 11.5 Å². The molecule has 5 nitrogen and oxygen atoms in total. The van der Waals surface area contributed by atoms with Crippen molar-refractivity contribution in [1.29, 1.82) is 0 Å². The molecule has 0 fully saturated rings. The maximum absolute atomic E-state index is 13.6. The molecular weight excluding hydrogens is 529 g/mol. The Balaban J connectivity index is 1.50. The van der Waals surface area contributed by atoms with E-state index < -0.39 is 0 Å². The molecule has 1 aromatic heterocycles. The van der Waals surface area contributed by atoms with Gasteiger partial charge in [-0.3, -0.25) is 4.79 Å². The van der Waals surface area contributed by atoms with Crippen molar-refractivity contribution < 1.29 is 13.9 Å². The van der Waals surface area contributed by atoms with Crippen LogP contribution in [0.15, 0.2) is 107 Å². The Labute approximate surface area is 213 Å². The van der Waals surface area contributed by atoms with Gasteiger partial charge in [0.15, 0.2) is 0 Å². The third kappa shape index (κ3) is 5.45. The van der Waals surface area contributed by atoms with Gasteiger partial charge < -0.3 is 4.74 Å². The van der Waals surface area contributed by atoms with Gasteiger partial charge in [0, 0.05) is 10.0 Å². The number of hydrogen-bond acceptors (Lipinski definition) is 5. The summed E-state index contributed by atoms with van der Waals surface area (Å²) in [6.45, 7) is 0. The van der Waals surface area contributed by atoms with Gasteiger partial charge in [-0.05, 0) is 66.2 Å². The normalized spacial score (nSPS) is 11.1. The van der Waals surface area contributed by atoms with E-state index in [1.165, 1.54) is 34.7 Å². The van der Waals surface area contributed by atoms with E-state index in [9.17, 15) is 9.18 Å². The molecule has 5 aromatic rings. The predicted octanol–water partition coefficient (Wildman–Crippen LogP) is 7.67. The molecule has 0 saturated heterocycles. The monoisotopic (exact) mass is 545 g/mol. The molecule has 0 aliphatic heterocycles. The number of para-hydroxylation sites is 1. The molecule has 0 saturated carbocycles. The summed E-state index contributed by atoms with van der Waals surface area (Å²) in [5, 5.41) is 6.10. The number of halogens is 2. The average molecular weight is 546 g/mol. The molecule has 0 aliphatic rings. The zero-order chi connectivity index (χ0) is 24.2. The van der Waals surface area contributed by atoms with Crippen molar-refractivity contribution in [3.8, 4) is 11.5 Å². The van der Waals surface area contributed by atoms with Crippen molar-refractivity contribution in [1.82, 2.24) is 4.98 Å². The summed E-state index contributed by atoms with van der Waals surface area (Å²) in [6, 6.07) is 27.8. The first kappa shape index (κ1) is 22.9. The van der Waals surface area contributed by atoms with Gasteiger partial charge in [0.05, 0.1) is 16.4 Å². The first-order valence-corrected chi connectivity index (χ1v) is 12.2. The highest BCUT2D eigenvalue weighted by molar-refractivity contribution is 9.10. The summed E-state index contributed by atoms with van der Waals surface area (Å²) in [6.07, 6.45) is 1.50. The lowest BCUT2D eigenvalue weighted by atomic mass is 10.2. The van der Waals surface area contributed by atoms with Crippen LogP contribution in [0.4, 0.5) is 9.52 Å². The van der Waals surface area contributed by atoms with Crippen LogP contribution in [0, 0.1) is 5.82 Å². The van der Waals surface area contributed by atoms with Gasteiger partial charge in [-0.2, -0.15) is 10.1 Å². The van der Waals surface area contributed by atoms with Crippen molar-refractivity contribution in [2.45, 2.75) is 0 Å². The number of carbonyl (C=O) groups is 1. The van der Waals surface area contributed by atoms with Gasteiger partial charge in [-0.1, -0.05) is 63.7 Å². The van der Waals surface area contributed by atoms with Crippen molar-refractivity contribution in [3.63, 3.8) is 0 Å². The van der Waals surface area contributed by atoms with Crippen LogP contribution >= 0.6 is 27.3 Å². The number of hydrazone groups is 1. The summed E-state index contributed by atoms with van der Waals surface area (Å²) in [4.78, 5) is 18.2. The van der Waals surface area contributed by atoms with E-state index in [2.05, 4.69) is 26.0 Å². The minimum Gasteiger partial charge on any atom is -0.457 e. The van der Waals surface area contributed by atoms with Crippen LogP contribution < -0.4 is 9.75 Å². The number of hydrogen-bond donors (Lipinski definition) is 0. The van der Waals surface area contributed by atoms with Crippen molar-refractivity contribution >= 4 is 54.7 Å². The number of fused-ring (bicyclic) bond motifs is 1. The SMILES string of the molecule is O=C(c1cccc(Oc2ccccc2)c1)N(/N=C/c1ccc(F)cc1)c1nc2ccc(Br)cc2s1. The molecule has 0 atom stereocenters. The molecule has 172 valence electrons. The second-order valence-corrected chi connectivity index (χ2v) is 9.39. The molecule has 35 heavy (non-hydrogen) atoms. The van der Waals surface area contributed by atoms with Crippen LogP contribution in [0.3, 0.4) is 0 Å². The van der Waals surface area contributed by atoms with Crippen molar-refractivity contribution in [2.24, 2.45) is 5.10 Å². The lowest BCUT2D eigenvalue weighted by Gasteiger charge is -2.14. The van der Waals surface area contributed by atoms with Gasteiger partial charge in [0.25, 0.3) is 5.91 Å². The van der Waals surface area contributed by atoms with Crippen LogP contribution in [0.1, 0.15) is 15.9 Å². The highest BCUT2D eigenvalue weighted by atomic mass is 79.9. The Kier molecular flexibility index (Phi) is 6.65. The van der Waals surface area contributed by atoms with E-state index in [-0.39, 0.29) is 11.7 Å². The Bertz CT molecular complexity index is 1520. The molecule has 0 unspecified atom stereocenters. The number of rotatable bonds is 6. The van der Waals surface area contributed by atoms with Gasteiger partial charge in [-0.15, -0.1) is 0 Å². The highest BCUT2D eigenvalue weighted by Crippen LogP contribution is 2.32. The summed E-state index contributed by atoms with van der Waals surface area (Å²) in [7, 11) is 0. The number of carbonyl (C=O) groups excluding carboxylic acids is 1. The highest BCUT2D eigenvalue weighted by Gasteiger charge is 2.22. The fraction of sp³-hybridized carbons (Fsp3) is 0. The molecule has 0 N–H and O–H groups in total. The zero-order valence-electron chi connectivity index (χ0n) is 18.1. The largest absolute Gasteiger partial charge is 0.457 e. The fourth-order valence-corrected chi connectivity index (χ4v) is 4.75. The Morgan fingerprint density at radius 3 is 2.51 bits per heavy atom. The number of aromatic nitrogens is 1. The maximum Gasteiger partial charge on any atom is 0.280 e. The molecular formula is C27H17BrFN3O2S. The van der Waals surface area contributed by atoms with E-state index in [0.717, 1.165) is 14.7 Å². The third-order valence-corrected chi connectivity index (χ3v) is 6.45. The lowest BCUT2D eigenvalue weighted by Crippen LogP contribution is -2.25. The van der Waals surface area contributed by atoms with Gasteiger partial charge in [0.2, 0.25) is 5.13 Å². The molecule has 0 bridgehead atoms. The van der Waals surface area contributed by atoms with Crippen molar-refractivity contribution in [2.75, 3.05) is 5.01 Å². The van der Waals surface area contributed by atoms with E-state index in [1.807, 2.05) is 48.5 Å². The van der Waals surface area contributed by atoms with E-state index in [1.54, 1.807) is 36.4 Å². The predicted molar refractivity (Wildman–Crippen MR) is 141 cm³/mol. The molecule has 1 heterocycles. The van der Waals surface area contributed by atoms with E-state index in [4.69, 9.17) is 4.74 Å². The first-order valence-electron chi connectivity index (χ1n) is 10.6. The number of anilines is 1. The Morgan fingerprint density at radius 1 is 0.943 bits per heavy atom. The Hall–Kier alpha value is -3.88. The Morgan fingerprint density at radius 2 is 1.71 bits per heavy atom. The van der Waals surface area contributed by atoms with Crippen LogP contribution in [0.25, 0.3) is 10.2 Å². The average Bonchev–Trinajstić information content (AvgIpc) is 3.29. The molecule has 0 spiro atoms. The first-order chi connectivity index (χ1) is 17.0. The summed E-state index contributed by atoms with van der Waals surface area (Å²) in [5.74, 6) is 0.472. The number of ether oxygens (including phenoxy) is 1. The van der Waals surface area contributed by atoms with Crippen LogP contribution in [-0.4, -0.2) is 17.1 Å². The number of nitrogens with zero attached hydrogens (tertiary/aromatic N) is 3. The number of benzene rings is 4. The second kappa shape index (κ2) is 10.2. The topological polar surface area (TPSA) is 54.8 Å². The molecule has 5 rings (SSSR count). The third-order valence-electron chi connectivity index (χ3n) is 4.96. The minimum atomic E-state index is -0.375. The summed E-state index contributed by atoms with van der Waals surface area (Å²) in [5.41, 5.74) is 1.79. The van der Waals surface area contributed by atoms with Crippen molar-refractivity contribution in [3.05, 3.63) is 118 Å².